The van der Waals surface area contributed by atoms with Gasteiger partial charge >= 0.3 is 0 Å². The predicted molar refractivity (Wildman–Crippen MR) is 122 cm³/mol. The molecule has 2 fully saturated rings. The minimum absolute atomic E-state index is 0.00478. The van der Waals surface area contributed by atoms with Gasteiger partial charge in [0.25, 0.3) is 0 Å². The summed E-state index contributed by atoms with van der Waals surface area (Å²) in [5, 5.41) is 13.7. The Morgan fingerprint density at radius 3 is 2.45 bits per heavy atom. The van der Waals surface area contributed by atoms with E-state index in [0.29, 0.717) is 5.75 Å². The van der Waals surface area contributed by atoms with Crippen molar-refractivity contribution in [1.29, 1.82) is 0 Å². The molecule has 1 saturated heterocycles. The van der Waals surface area contributed by atoms with Gasteiger partial charge in [-0.2, -0.15) is 0 Å². The van der Waals surface area contributed by atoms with E-state index in [9.17, 15) is 14.7 Å². The third-order valence-electron chi connectivity index (χ3n) is 8.86. The van der Waals surface area contributed by atoms with Gasteiger partial charge in [0, 0.05) is 35.9 Å². The summed E-state index contributed by atoms with van der Waals surface area (Å²) in [7, 11) is 0. The molecule has 0 aromatic heterocycles. The van der Waals surface area contributed by atoms with Crippen LogP contribution in [0.4, 0.5) is 0 Å². The Hall–Kier alpha value is -2.04. The Bertz CT molecular complexity index is 869. The van der Waals surface area contributed by atoms with Crippen molar-refractivity contribution in [2.45, 2.75) is 90.6 Å². The fourth-order valence-corrected chi connectivity index (χ4v) is 6.28. The molecule has 2 atom stereocenters. The molecule has 0 spiro atoms. The standard InChI is InChI=1S/C26H38N2O3/c1-16(2)23(30)27-18-11-9-17(10-12-18)24(31)28-14-13-26(5)20-7-6-8-21(29)19(20)15-22(28)25(26,3)4/h6-8,16-18,22,29H,9-15H2,1-5H3,(H,27,30)/t17?,18?,22-,26+/m1/s1. The largest absolute Gasteiger partial charge is 0.508 e. The lowest BCUT2D eigenvalue weighted by molar-refractivity contribution is -0.149. The van der Waals surface area contributed by atoms with Crippen molar-refractivity contribution < 1.29 is 14.7 Å². The molecule has 2 bridgehead atoms. The van der Waals surface area contributed by atoms with Crippen LogP contribution in [0, 0.1) is 17.3 Å². The maximum atomic E-state index is 13.7. The zero-order chi connectivity index (χ0) is 22.6. The van der Waals surface area contributed by atoms with Gasteiger partial charge in [-0.1, -0.05) is 46.8 Å². The van der Waals surface area contributed by atoms with E-state index in [4.69, 9.17) is 0 Å². The molecule has 31 heavy (non-hydrogen) atoms. The summed E-state index contributed by atoms with van der Waals surface area (Å²) in [5.41, 5.74) is 2.15. The first-order valence-electron chi connectivity index (χ1n) is 12.0. The Morgan fingerprint density at radius 1 is 1.13 bits per heavy atom. The molecule has 0 radical (unpaired) electrons. The monoisotopic (exact) mass is 426 g/mol. The quantitative estimate of drug-likeness (QED) is 0.762. The first kappa shape index (κ1) is 22.2. The molecular formula is C26H38N2O3. The first-order valence-corrected chi connectivity index (χ1v) is 12.0. The van der Waals surface area contributed by atoms with Crippen molar-refractivity contribution in [3.05, 3.63) is 29.3 Å². The van der Waals surface area contributed by atoms with Crippen LogP contribution in [0.5, 0.6) is 5.75 Å². The van der Waals surface area contributed by atoms with Crippen LogP contribution in [0.2, 0.25) is 0 Å². The van der Waals surface area contributed by atoms with Gasteiger partial charge in [-0.25, -0.2) is 0 Å². The van der Waals surface area contributed by atoms with Gasteiger partial charge in [0.05, 0.1) is 0 Å². The van der Waals surface area contributed by atoms with Gasteiger partial charge < -0.3 is 15.3 Å². The number of nitrogens with zero attached hydrogens (tertiary/aromatic N) is 1. The molecule has 1 aromatic carbocycles. The molecule has 1 heterocycles. The summed E-state index contributed by atoms with van der Waals surface area (Å²) in [6, 6.07) is 6.17. The summed E-state index contributed by atoms with van der Waals surface area (Å²) >= 11 is 0. The molecule has 170 valence electrons. The average Bonchev–Trinajstić information content (AvgIpc) is 2.71. The van der Waals surface area contributed by atoms with Crippen molar-refractivity contribution in [3.8, 4) is 5.75 Å². The summed E-state index contributed by atoms with van der Waals surface area (Å²) in [6.07, 6.45) is 5.06. The number of nitrogens with one attached hydrogen (secondary N) is 1. The topological polar surface area (TPSA) is 69.6 Å². The molecule has 3 aliphatic rings. The highest BCUT2D eigenvalue weighted by molar-refractivity contribution is 5.80. The molecule has 1 aliphatic heterocycles. The highest BCUT2D eigenvalue weighted by Gasteiger charge is 2.57. The summed E-state index contributed by atoms with van der Waals surface area (Å²) in [5.74, 6) is 0.771. The molecule has 2 N–H and O–H groups in total. The lowest BCUT2D eigenvalue weighted by Gasteiger charge is -2.61. The number of amides is 2. The number of fused-ring (bicyclic) bond motifs is 4. The molecule has 1 saturated carbocycles. The Kier molecular flexibility index (Phi) is 5.60. The zero-order valence-corrected chi connectivity index (χ0v) is 19.7. The highest BCUT2D eigenvalue weighted by Crippen LogP contribution is 2.57. The van der Waals surface area contributed by atoms with E-state index in [0.717, 1.165) is 50.6 Å². The third kappa shape index (κ3) is 3.54. The molecule has 4 rings (SSSR count). The fraction of sp³-hybridized carbons (Fsp3) is 0.692. The van der Waals surface area contributed by atoms with Crippen LogP contribution < -0.4 is 5.32 Å². The van der Waals surface area contributed by atoms with Crippen LogP contribution in [-0.4, -0.2) is 40.4 Å². The number of carbonyl (C=O) groups excluding carboxylic acids is 2. The van der Waals surface area contributed by atoms with Gasteiger partial charge in [0.2, 0.25) is 11.8 Å². The molecule has 1 aromatic rings. The Morgan fingerprint density at radius 2 is 1.81 bits per heavy atom. The summed E-state index contributed by atoms with van der Waals surface area (Å²) in [4.78, 5) is 27.8. The third-order valence-corrected chi connectivity index (χ3v) is 8.86. The lowest BCUT2D eigenvalue weighted by Crippen LogP contribution is -2.65. The number of hydrogen-bond donors (Lipinski definition) is 2. The van der Waals surface area contributed by atoms with Crippen molar-refractivity contribution >= 4 is 11.8 Å². The van der Waals surface area contributed by atoms with Crippen molar-refractivity contribution in [3.63, 3.8) is 0 Å². The van der Waals surface area contributed by atoms with Crippen molar-refractivity contribution in [1.82, 2.24) is 10.2 Å². The van der Waals surface area contributed by atoms with E-state index >= 15 is 0 Å². The maximum absolute atomic E-state index is 13.7. The fourth-order valence-electron chi connectivity index (χ4n) is 6.28. The van der Waals surface area contributed by atoms with Gasteiger partial charge in [0.1, 0.15) is 5.75 Å². The van der Waals surface area contributed by atoms with Crippen LogP contribution in [-0.2, 0) is 21.4 Å². The van der Waals surface area contributed by atoms with Gasteiger partial charge in [-0.15, -0.1) is 0 Å². The number of likely N-dealkylation sites (tertiary alicyclic amines) is 1. The smallest absolute Gasteiger partial charge is 0.225 e. The second-order valence-electron chi connectivity index (χ2n) is 11.1. The number of phenolic OH excluding ortho intramolecular Hbond substituents is 1. The second-order valence-corrected chi connectivity index (χ2v) is 11.1. The van der Waals surface area contributed by atoms with E-state index in [1.54, 1.807) is 6.07 Å². The number of benzene rings is 1. The highest BCUT2D eigenvalue weighted by atomic mass is 16.3. The van der Waals surface area contributed by atoms with Crippen LogP contribution in [0.15, 0.2) is 18.2 Å². The van der Waals surface area contributed by atoms with Crippen molar-refractivity contribution in [2.24, 2.45) is 17.3 Å². The van der Waals surface area contributed by atoms with Crippen LogP contribution in [0.25, 0.3) is 0 Å². The number of rotatable bonds is 3. The van der Waals surface area contributed by atoms with Gasteiger partial charge in [-0.05, 0) is 61.1 Å². The summed E-state index contributed by atoms with van der Waals surface area (Å²) < 4.78 is 0. The number of hydrogen-bond acceptors (Lipinski definition) is 3. The average molecular weight is 427 g/mol. The van der Waals surface area contributed by atoms with E-state index in [1.807, 2.05) is 19.9 Å². The minimum Gasteiger partial charge on any atom is -0.508 e. The molecule has 5 nitrogen and oxygen atoms in total. The van der Waals surface area contributed by atoms with Crippen molar-refractivity contribution in [2.75, 3.05) is 6.54 Å². The van der Waals surface area contributed by atoms with E-state index in [-0.39, 0.29) is 46.6 Å². The van der Waals surface area contributed by atoms with Crippen LogP contribution >= 0.6 is 0 Å². The minimum atomic E-state index is -0.0653. The molecular weight excluding hydrogens is 388 g/mol. The van der Waals surface area contributed by atoms with Gasteiger partial charge in [-0.3, -0.25) is 9.59 Å². The molecule has 5 heteroatoms. The molecule has 2 aliphatic carbocycles. The Balaban J connectivity index is 1.50. The van der Waals surface area contributed by atoms with Gasteiger partial charge in [0.15, 0.2) is 0 Å². The zero-order valence-electron chi connectivity index (χ0n) is 19.7. The number of carbonyl (C=O) groups is 2. The normalized spacial score (nSPS) is 31.8. The SMILES string of the molecule is CC(C)C(=O)NC1CCC(C(=O)N2CC[C@@]3(C)c4cccc(O)c4C[C@@H]2C3(C)C)CC1. The van der Waals surface area contributed by atoms with E-state index < -0.39 is 0 Å². The van der Waals surface area contributed by atoms with E-state index in [1.165, 1.54) is 5.56 Å². The molecule has 0 unspecified atom stereocenters. The molecule has 2 amide bonds. The second kappa shape index (κ2) is 7.83. The maximum Gasteiger partial charge on any atom is 0.225 e. The summed E-state index contributed by atoms with van der Waals surface area (Å²) in [6.45, 7) is 11.5. The van der Waals surface area contributed by atoms with Crippen LogP contribution in [0.1, 0.15) is 77.8 Å². The number of aromatic hydroxyl groups is 1. The number of phenols is 1. The van der Waals surface area contributed by atoms with E-state index in [2.05, 4.69) is 37.1 Å². The van der Waals surface area contributed by atoms with Crippen LogP contribution in [0.3, 0.4) is 0 Å². The first-order chi connectivity index (χ1) is 14.6. The Labute approximate surface area is 186 Å². The number of piperidine rings is 1. The predicted octanol–water partition coefficient (Wildman–Crippen LogP) is 4.16. The lowest BCUT2D eigenvalue weighted by atomic mass is 9.51.